The topological polar surface area (TPSA) is 126 Å². The highest BCUT2D eigenvalue weighted by Crippen LogP contribution is 2.36. The molecule has 0 fully saturated rings. The Bertz CT molecular complexity index is 1460. The van der Waals surface area contributed by atoms with Crippen molar-refractivity contribution in [3.05, 3.63) is 63.4 Å². The van der Waals surface area contributed by atoms with Crippen LogP contribution in [0.5, 0.6) is 0 Å². The number of nitrogens with zero attached hydrogens (tertiary/aromatic N) is 2. The van der Waals surface area contributed by atoms with Crippen molar-refractivity contribution in [2.75, 3.05) is 6.54 Å². The van der Waals surface area contributed by atoms with Gasteiger partial charge in [0, 0.05) is 17.9 Å². The molecule has 2 aliphatic heterocycles. The molecular formula is C27H31N3O7. The molecule has 0 saturated carbocycles. The largest absolute Gasteiger partial charge is 0.458 e. The lowest BCUT2D eigenvalue weighted by atomic mass is 10.00. The summed E-state index contributed by atoms with van der Waals surface area (Å²) in [5, 5.41) is 3.24. The minimum Gasteiger partial charge on any atom is -0.458 e. The highest BCUT2D eigenvalue weighted by Gasteiger charge is 2.37. The molecule has 1 amide bonds. The van der Waals surface area contributed by atoms with E-state index in [1.807, 2.05) is 44.2 Å². The lowest BCUT2D eigenvalue weighted by molar-refractivity contribution is -0.171. The number of fused-ring (bicyclic) bond motifs is 5. The highest BCUT2D eigenvalue weighted by atomic mass is 16.6. The van der Waals surface area contributed by atoms with Crippen LogP contribution in [0.15, 0.2) is 41.2 Å². The fraction of sp³-hybridized carbons (Fsp3) is 0.370. The number of benzene rings is 1. The van der Waals surface area contributed by atoms with Crippen molar-refractivity contribution < 1.29 is 30.0 Å². The second-order valence-corrected chi connectivity index (χ2v) is 9.38. The zero-order chi connectivity index (χ0) is 26.9. The quantitative estimate of drug-likeness (QED) is 0.326. The van der Waals surface area contributed by atoms with Crippen molar-refractivity contribution in [1.82, 2.24) is 14.9 Å². The molecule has 0 saturated heterocycles. The molecule has 37 heavy (non-hydrogen) atoms. The van der Waals surface area contributed by atoms with Crippen LogP contribution in [0.1, 0.15) is 58.8 Å². The summed E-state index contributed by atoms with van der Waals surface area (Å²) in [6.07, 6.45) is -2.23. The Morgan fingerprint density at radius 3 is 2.65 bits per heavy atom. The molecule has 1 N–H and O–H groups in total. The third-order valence-electron chi connectivity index (χ3n) is 5.69. The minimum absolute atomic E-state index is 0. The van der Waals surface area contributed by atoms with E-state index in [9.17, 15) is 19.2 Å². The average Bonchev–Trinajstić information content (AvgIpc) is 3.21. The number of carbonyl (C=O) groups excluding carboxylic acids is 3. The lowest BCUT2D eigenvalue weighted by Crippen LogP contribution is -2.38. The Labute approximate surface area is 215 Å². The minimum atomic E-state index is -1.44. The molecule has 4 heterocycles. The molecule has 10 nitrogen and oxygen atoms in total. The van der Waals surface area contributed by atoms with Crippen molar-refractivity contribution in [2.24, 2.45) is 0 Å². The van der Waals surface area contributed by atoms with E-state index in [2.05, 4.69) is 5.32 Å². The molecule has 5 rings (SSSR count). The Morgan fingerprint density at radius 1 is 1.19 bits per heavy atom. The Balaban J connectivity index is 0.00000130. The van der Waals surface area contributed by atoms with Crippen LogP contribution in [0.4, 0.5) is 4.79 Å². The SMILES string of the molecule is CC.CC(C)(C)OC(=O)NCC(=O)O[C@@H]1C(=O)OCc2c1cc1n(c2=O)Cc2cc3ccccc3nc2-1.[HH]. The normalized spacial score (nSPS) is 15.4. The Hall–Kier alpha value is -4.21. The molecule has 1 atom stereocenters. The number of alkyl carbamates (subject to hydrolysis) is 1. The number of para-hydroxylation sites is 1. The number of pyridine rings is 2. The summed E-state index contributed by atoms with van der Waals surface area (Å²) in [5.41, 5.74) is 2.26. The second-order valence-electron chi connectivity index (χ2n) is 9.38. The van der Waals surface area contributed by atoms with Gasteiger partial charge in [0.1, 0.15) is 18.8 Å². The van der Waals surface area contributed by atoms with Gasteiger partial charge in [0.15, 0.2) is 0 Å². The Kier molecular flexibility index (Phi) is 7.02. The van der Waals surface area contributed by atoms with E-state index in [1.165, 1.54) is 0 Å². The number of carbonyl (C=O) groups is 3. The molecule has 1 aromatic carbocycles. The van der Waals surface area contributed by atoms with E-state index >= 15 is 0 Å². The fourth-order valence-electron chi connectivity index (χ4n) is 4.20. The molecule has 10 heteroatoms. The number of ether oxygens (including phenoxy) is 3. The number of amides is 1. The molecule has 3 aromatic rings. The molecule has 0 radical (unpaired) electrons. The number of aromatic nitrogens is 2. The summed E-state index contributed by atoms with van der Waals surface area (Å²) in [6, 6.07) is 11.3. The van der Waals surface area contributed by atoms with Crippen LogP contribution in [0.2, 0.25) is 0 Å². The highest BCUT2D eigenvalue weighted by molar-refractivity contribution is 5.86. The van der Waals surface area contributed by atoms with Crippen molar-refractivity contribution in [3.8, 4) is 11.4 Å². The van der Waals surface area contributed by atoms with Gasteiger partial charge in [0.2, 0.25) is 6.10 Å². The van der Waals surface area contributed by atoms with Crippen LogP contribution in [-0.2, 0) is 37.0 Å². The first-order valence-corrected chi connectivity index (χ1v) is 12.1. The third-order valence-corrected chi connectivity index (χ3v) is 5.69. The number of hydrogen-bond donors (Lipinski definition) is 1. The van der Waals surface area contributed by atoms with Gasteiger partial charge in [-0.25, -0.2) is 14.6 Å². The van der Waals surface area contributed by atoms with Crippen molar-refractivity contribution in [2.45, 2.75) is 59.5 Å². The molecule has 0 unspecified atom stereocenters. The maximum Gasteiger partial charge on any atom is 0.408 e. The number of esters is 2. The first-order valence-electron chi connectivity index (χ1n) is 12.1. The summed E-state index contributed by atoms with van der Waals surface area (Å²) in [7, 11) is 0. The zero-order valence-electron chi connectivity index (χ0n) is 21.4. The van der Waals surface area contributed by atoms with Crippen molar-refractivity contribution in [3.63, 3.8) is 0 Å². The summed E-state index contributed by atoms with van der Waals surface area (Å²) in [4.78, 5) is 54.7. The van der Waals surface area contributed by atoms with Gasteiger partial charge in [-0.2, -0.15) is 0 Å². The molecule has 0 aliphatic carbocycles. The monoisotopic (exact) mass is 509 g/mol. The first-order chi connectivity index (χ1) is 17.6. The van der Waals surface area contributed by atoms with Crippen LogP contribution in [0, 0.1) is 0 Å². The van der Waals surface area contributed by atoms with Crippen LogP contribution < -0.4 is 10.9 Å². The summed E-state index contributed by atoms with van der Waals surface area (Å²) in [5.74, 6) is -1.67. The standard InChI is InChI=1S/C25H23N3O7.C2H6.H2/c1-25(2,3)35-24(32)26-10-19(29)34-21-15-9-18-20-14(8-13-6-4-5-7-17(13)27-20)11-28(18)22(30)16(15)12-33-23(21)31;1-2;/h4-9,21H,10-12H2,1-3H3,(H,26,32);1-2H3;1H/t21-;;/m0../s1. The first kappa shape index (κ1) is 25.9. The predicted octanol–water partition coefficient (Wildman–Crippen LogP) is 3.86. The molecular weight excluding hydrogens is 478 g/mol. The van der Waals surface area contributed by atoms with E-state index in [0.29, 0.717) is 17.9 Å². The van der Waals surface area contributed by atoms with E-state index in [4.69, 9.17) is 19.2 Å². The van der Waals surface area contributed by atoms with E-state index in [0.717, 1.165) is 16.5 Å². The average molecular weight is 510 g/mol. The maximum atomic E-state index is 13.3. The van der Waals surface area contributed by atoms with Crippen LogP contribution in [-0.4, -0.2) is 39.7 Å². The predicted molar refractivity (Wildman–Crippen MR) is 137 cm³/mol. The second kappa shape index (κ2) is 10.0. The fourth-order valence-corrected chi connectivity index (χ4v) is 4.20. The van der Waals surface area contributed by atoms with Crippen LogP contribution in [0.3, 0.4) is 0 Å². The van der Waals surface area contributed by atoms with Crippen molar-refractivity contribution in [1.29, 1.82) is 0 Å². The molecule has 0 bridgehead atoms. The van der Waals surface area contributed by atoms with E-state index < -0.39 is 36.3 Å². The Morgan fingerprint density at radius 2 is 1.92 bits per heavy atom. The van der Waals surface area contributed by atoms with Gasteiger partial charge in [-0.05, 0) is 39.0 Å². The van der Waals surface area contributed by atoms with Gasteiger partial charge in [-0.3, -0.25) is 9.59 Å². The van der Waals surface area contributed by atoms with Gasteiger partial charge in [0.25, 0.3) is 5.56 Å². The van der Waals surface area contributed by atoms with Gasteiger partial charge in [-0.15, -0.1) is 0 Å². The summed E-state index contributed by atoms with van der Waals surface area (Å²) >= 11 is 0. The number of nitrogens with one attached hydrogen (secondary N) is 1. The third kappa shape index (κ3) is 5.18. The van der Waals surface area contributed by atoms with Crippen molar-refractivity contribution >= 4 is 28.9 Å². The summed E-state index contributed by atoms with van der Waals surface area (Å²) < 4.78 is 17.1. The van der Waals surface area contributed by atoms with E-state index in [1.54, 1.807) is 31.4 Å². The van der Waals surface area contributed by atoms with Crippen LogP contribution >= 0.6 is 0 Å². The molecule has 2 aliphatic rings. The zero-order valence-corrected chi connectivity index (χ0v) is 21.4. The molecule has 2 aromatic heterocycles. The molecule has 196 valence electrons. The maximum absolute atomic E-state index is 13.3. The lowest BCUT2D eigenvalue weighted by Gasteiger charge is -2.25. The van der Waals surface area contributed by atoms with Crippen LogP contribution in [0.25, 0.3) is 22.3 Å². The number of cyclic esters (lactones) is 1. The number of hydrogen-bond acceptors (Lipinski definition) is 8. The van der Waals surface area contributed by atoms with E-state index in [-0.39, 0.29) is 24.7 Å². The summed E-state index contributed by atoms with van der Waals surface area (Å²) in [6.45, 7) is 8.66. The van der Waals surface area contributed by atoms with Gasteiger partial charge in [-0.1, -0.05) is 32.0 Å². The number of rotatable bonds is 3. The molecule has 0 spiro atoms. The smallest absolute Gasteiger partial charge is 0.408 e. The van der Waals surface area contributed by atoms with Gasteiger partial charge >= 0.3 is 18.0 Å². The van der Waals surface area contributed by atoms with Gasteiger partial charge in [0.05, 0.1) is 29.0 Å². The van der Waals surface area contributed by atoms with Gasteiger partial charge < -0.3 is 24.1 Å².